The summed E-state index contributed by atoms with van der Waals surface area (Å²) >= 11 is 12.1. The largest absolute Gasteiger partial charge is 0.352 e. The van der Waals surface area contributed by atoms with Gasteiger partial charge in [-0.15, -0.1) is 0 Å². The SMILES string of the molecule is CC(C)c1ccc(/C=C/C(=O)NCCc2cn3cc(Cl)cc(Cl)c3n2)cc1. The van der Waals surface area contributed by atoms with Gasteiger partial charge in [0.1, 0.15) is 0 Å². The van der Waals surface area contributed by atoms with E-state index in [1.807, 2.05) is 24.4 Å². The van der Waals surface area contributed by atoms with Crippen molar-refractivity contribution in [1.29, 1.82) is 0 Å². The van der Waals surface area contributed by atoms with Gasteiger partial charge in [0.15, 0.2) is 5.65 Å². The molecule has 0 spiro atoms. The number of hydrogen-bond acceptors (Lipinski definition) is 2. The molecule has 1 N–H and O–H groups in total. The highest BCUT2D eigenvalue weighted by Gasteiger charge is 2.07. The third-order valence-electron chi connectivity index (χ3n) is 4.23. The van der Waals surface area contributed by atoms with Crippen molar-refractivity contribution in [2.45, 2.75) is 26.2 Å². The topological polar surface area (TPSA) is 46.4 Å². The van der Waals surface area contributed by atoms with Crippen LogP contribution in [-0.4, -0.2) is 21.8 Å². The summed E-state index contributed by atoms with van der Waals surface area (Å²) in [5, 5.41) is 3.92. The van der Waals surface area contributed by atoms with Crippen LogP contribution in [0.5, 0.6) is 0 Å². The molecule has 6 heteroatoms. The van der Waals surface area contributed by atoms with Gasteiger partial charge < -0.3 is 9.72 Å². The Morgan fingerprint density at radius 1 is 1.22 bits per heavy atom. The number of aromatic nitrogens is 2. The fourth-order valence-corrected chi connectivity index (χ4v) is 3.26. The van der Waals surface area contributed by atoms with Crippen LogP contribution in [0.3, 0.4) is 0 Å². The minimum absolute atomic E-state index is 0.132. The van der Waals surface area contributed by atoms with E-state index in [-0.39, 0.29) is 5.91 Å². The van der Waals surface area contributed by atoms with E-state index in [4.69, 9.17) is 23.2 Å². The lowest BCUT2D eigenvalue weighted by atomic mass is 10.0. The number of fused-ring (bicyclic) bond motifs is 1. The van der Waals surface area contributed by atoms with Crippen LogP contribution in [0.1, 0.15) is 36.6 Å². The van der Waals surface area contributed by atoms with Gasteiger partial charge in [0.25, 0.3) is 0 Å². The van der Waals surface area contributed by atoms with Crippen LogP contribution in [0.25, 0.3) is 11.7 Å². The first kappa shape index (κ1) is 19.5. The predicted molar refractivity (Wildman–Crippen MR) is 111 cm³/mol. The molecule has 140 valence electrons. The third-order valence-corrected chi connectivity index (χ3v) is 4.72. The molecule has 0 fully saturated rings. The first-order valence-corrected chi connectivity index (χ1v) is 9.56. The van der Waals surface area contributed by atoms with Gasteiger partial charge in [-0.25, -0.2) is 4.98 Å². The van der Waals surface area contributed by atoms with Crippen molar-refractivity contribution in [2.24, 2.45) is 0 Å². The summed E-state index contributed by atoms with van der Waals surface area (Å²) in [6, 6.07) is 9.87. The summed E-state index contributed by atoms with van der Waals surface area (Å²) in [4.78, 5) is 16.5. The van der Waals surface area contributed by atoms with Crippen LogP contribution in [-0.2, 0) is 11.2 Å². The highest BCUT2D eigenvalue weighted by Crippen LogP contribution is 2.21. The molecular weight excluding hydrogens is 381 g/mol. The van der Waals surface area contributed by atoms with Crippen LogP contribution < -0.4 is 5.32 Å². The Balaban J connectivity index is 1.52. The van der Waals surface area contributed by atoms with Crippen molar-refractivity contribution in [3.05, 3.63) is 75.7 Å². The molecule has 4 nitrogen and oxygen atoms in total. The molecule has 27 heavy (non-hydrogen) atoms. The molecule has 0 aliphatic rings. The summed E-state index contributed by atoms with van der Waals surface area (Å²) in [6.45, 7) is 4.80. The zero-order valence-corrected chi connectivity index (χ0v) is 16.8. The molecule has 0 aliphatic heterocycles. The van der Waals surface area contributed by atoms with Crippen molar-refractivity contribution >= 4 is 40.8 Å². The van der Waals surface area contributed by atoms with E-state index in [1.54, 1.807) is 22.7 Å². The average molecular weight is 402 g/mol. The fraction of sp³-hybridized carbons (Fsp3) is 0.238. The number of rotatable bonds is 6. The molecule has 2 aromatic heterocycles. The number of benzene rings is 1. The van der Waals surface area contributed by atoms with Crippen molar-refractivity contribution in [1.82, 2.24) is 14.7 Å². The monoisotopic (exact) mass is 401 g/mol. The Morgan fingerprint density at radius 2 is 1.96 bits per heavy atom. The maximum atomic E-state index is 12.0. The maximum absolute atomic E-state index is 12.0. The summed E-state index contributed by atoms with van der Waals surface area (Å²) in [5.74, 6) is 0.365. The molecule has 1 aromatic carbocycles. The Kier molecular flexibility index (Phi) is 6.19. The second kappa shape index (κ2) is 8.59. The Hall–Kier alpha value is -2.30. The van der Waals surface area contributed by atoms with Gasteiger partial charge in [0, 0.05) is 31.4 Å². The van der Waals surface area contributed by atoms with E-state index in [1.165, 1.54) is 5.56 Å². The number of hydrogen-bond donors (Lipinski definition) is 1. The zero-order valence-electron chi connectivity index (χ0n) is 15.2. The van der Waals surface area contributed by atoms with Gasteiger partial charge in [0.05, 0.1) is 15.7 Å². The lowest BCUT2D eigenvalue weighted by Gasteiger charge is -2.04. The van der Waals surface area contributed by atoms with E-state index in [9.17, 15) is 4.79 Å². The third kappa shape index (κ3) is 5.12. The van der Waals surface area contributed by atoms with Crippen molar-refractivity contribution in [3.63, 3.8) is 0 Å². The highest BCUT2D eigenvalue weighted by molar-refractivity contribution is 6.36. The minimum Gasteiger partial charge on any atom is -0.352 e. The summed E-state index contributed by atoms with van der Waals surface area (Å²) in [5.41, 5.74) is 3.78. The predicted octanol–water partition coefficient (Wildman–Crippen LogP) is 5.14. The summed E-state index contributed by atoms with van der Waals surface area (Å²) in [7, 11) is 0. The van der Waals surface area contributed by atoms with Crippen LogP contribution >= 0.6 is 23.2 Å². The first-order chi connectivity index (χ1) is 12.9. The molecule has 3 aromatic rings. The number of halogens is 2. The van der Waals surface area contributed by atoms with E-state index in [0.29, 0.717) is 34.6 Å². The number of pyridine rings is 1. The van der Waals surface area contributed by atoms with E-state index >= 15 is 0 Å². The molecule has 0 saturated heterocycles. The number of nitrogens with zero attached hydrogens (tertiary/aromatic N) is 2. The Bertz CT molecular complexity index is 975. The molecule has 0 aliphatic carbocycles. The van der Waals surface area contributed by atoms with Crippen LogP contribution in [0.4, 0.5) is 0 Å². The Morgan fingerprint density at radius 3 is 2.67 bits per heavy atom. The van der Waals surface area contributed by atoms with Crippen LogP contribution in [0.15, 0.2) is 48.8 Å². The van der Waals surface area contributed by atoms with E-state index < -0.39 is 0 Å². The molecule has 0 radical (unpaired) electrons. The van der Waals surface area contributed by atoms with E-state index in [0.717, 1.165) is 11.3 Å². The fourth-order valence-electron chi connectivity index (χ4n) is 2.73. The molecule has 0 saturated carbocycles. The number of imidazole rings is 1. The molecule has 0 bridgehead atoms. The molecular formula is C21H21Cl2N3O. The average Bonchev–Trinajstić information content (AvgIpc) is 3.03. The summed E-state index contributed by atoms with van der Waals surface area (Å²) in [6.07, 6.45) is 7.59. The number of amides is 1. The maximum Gasteiger partial charge on any atom is 0.244 e. The van der Waals surface area contributed by atoms with Crippen LogP contribution in [0.2, 0.25) is 10.0 Å². The van der Waals surface area contributed by atoms with Crippen molar-refractivity contribution in [3.8, 4) is 0 Å². The lowest BCUT2D eigenvalue weighted by Crippen LogP contribution is -2.23. The van der Waals surface area contributed by atoms with Gasteiger partial charge in [0.2, 0.25) is 5.91 Å². The second-order valence-corrected chi connectivity index (χ2v) is 7.51. The lowest BCUT2D eigenvalue weighted by molar-refractivity contribution is -0.116. The quantitative estimate of drug-likeness (QED) is 0.581. The van der Waals surface area contributed by atoms with Crippen LogP contribution in [0, 0.1) is 0 Å². The normalized spacial score (nSPS) is 11.6. The zero-order chi connectivity index (χ0) is 19.4. The van der Waals surface area contributed by atoms with Gasteiger partial charge in [-0.1, -0.05) is 61.3 Å². The van der Waals surface area contributed by atoms with Crippen molar-refractivity contribution in [2.75, 3.05) is 6.54 Å². The first-order valence-electron chi connectivity index (χ1n) is 8.81. The smallest absolute Gasteiger partial charge is 0.244 e. The standard InChI is InChI=1S/C21H21Cl2N3O/c1-14(2)16-6-3-15(4-7-16)5-8-20(27)24-10-9-18-13-26-12-17(22)11-19(23)21(26)25-18/h3-8,11-14H,9-10H2,1-2H3,(H,24,27)/b8-5+. The molecule has 0 atom stereocenters. The molecule has 1 amide bonds. The molecule has 0 unspecified atom stereocenters. The van der Waals surface area contributed by atoms with E-state index in [2.05, 4.69) is 36.3 Å². The van der Waals surface area contributed by atoms with Crippen molar-refractivity contribution < 1.29 is 4.79 Å². The number of nitrogens with one attached hydrogen (secondary N) is 1. The van der Waals surface area contributed by atoms with Gasteiger partial charge in [-0.05, 0) is 29.2 Å². The molecule has 2 heterocycles. The molecule has 3 rings (SSSR count). The Labute approximate surface area is 168 Å². The number of carbonyl (C=O) groups is 1. The summed E-state index contributed by atoms with van der Waals surface area (Å²) < 4.78 is 1.79. The number of carbonyl (C=O) groups excluding carboxylic acids is 1. The van der Waals surface area contributed by atoms with Gasteiger partial charge >= 0.3 is 0 Å². The minimum atomic E-state index is -0.132. The van der Waals surface area contributed by atoms with Gasteiger partial charge in [-0.3, -0.25) is 4.79 Å². The highest BCUT2D eigenvalue weighted by atomic mass is 35.5. The second-order valence-electron chi connectivity index (χ2n) is 6.67. The van der Waals surface area contributed by atoms with Gasteiger partial charge in [-0.2, -0.15) is 0 Å².